The number of thioether (sulfide) groups is 1. The maximum atomic E-state index is 11.4. The Morgan fingerprint density at radius 2 is 2.15 bits per heavy atom. The summed E-state index contributed by atoms with van der Waals surface area (Å²) in [5.74, 6) is 0.736. The van der Waals surface area contributed by atoms with Crippen LogP contribution < -0.4 is 10.6 Å². The molecule has 0 bridgehead atoms. The molecule has 0 spiro atoms. The first-order valence-electron chi connectivity index (χ1n) is 4.67. The molecule has 2 N–H and O–H groups in total. The van der Waals surface area contributed by atoms with Crippen molar-refractivity contribution in [3.05, 3.63) is 0 Å². The van der Waals surface area contributed by atoms with E-state index in [2.05, 4.69) is 17.6 Å². The average molecular weight is 202 g/mol. The van der Waals surface area contributed by atoms with Crippen molar-refractivity contribution in [2.45, 2.75) is 25.3 Å². The highest BCUT2D eigenvalue weighted by atomic mass is 32.2. The largest absolute Gasteiger partial charge is 0.350 e. The first-order chi connectivity index (χ1) is 6.16. The maximum absolute atomic E-state index is 11.4. The van der Waals surface area contributed by atoms with Gasteiger partial charge in [0.2, 0.25) is 5.91 Å². The second kappa shape index (κ2) is 4.86. The molecular weight excluding hydrogens is 184 g/mol. The average Bonchev–Trinajstić information content (AvgIpc) is 2.04. The molecule has 0 aromatic carbocycles. The molecule has 0 aromatic heterocycles. The minimum atomic E-state index is 0.0259. The van der Waals surface area contributed by atoms with E-state index in [4.69, 9.17) is 0 Å². The van der Waals surface area contributed by atoms with Gasteiger partial charge in [0, 0.05) is 5.54 Å². The minimum absolute atomic E-state index is 0.0259. The molecule has 1 aliphatic rings. The normalized spacial score (nSPS) is 21.1. The third kappa shape index (κ3) is 3.56. The summed E-state index contributed by atoms with van der Waals surface area (Å²) in [6, 6.07) is 0. The van der Waals surface area contributed by atoms with Gasteiger partial charge < -0.3 is 10.6 Å². The van der Waals surface area contributed by atoms with Crippen LogP contribution in [0.5, 0.6) is 0 Å². The Labute approximate surface area is 84.0 Å². The van der Waals surface area contributed by atoms with Crippen molar-refractivity contribution in [3.8, 4) is 0 Å². The van der Waals surface area contributed by atoms with Crippen LogP contribution in [0.25, 0.3) is 0 Å². The molecule has 1 amide bonds. The fraction of sp³-hybridized carbons (Fsp3) is 0.889. The molecule has 0 unspecified atom stereocenters. The Bertz CT molecular complexity index is 178. The SMILES string of the molecule is CSCC(=O)NC1(C)CCNCC1. The first-order valence-corrected chi connectivity index (χ1v) is 6.06. The van der Waals surface area contributed by atoms with Crippen molar-refractivity contribution in [1.29, 1.82) is 0 Å². The molecule has 1 fully saturated rings. The van der Waals surface area contributed by atoms with Gasteiger partial charge in [-0.1, -0.05) is 0 Å². The van der Waals surface area contributed by atoms with Crippen LogP contribution in [-0.2, 0) is 4.79 Å². The van der Waals surface area contributed by atoms with E-state index in [1.54, 1.807) is 11.8 Å². The predicted molar refractivity (Wildman–Crippen MR) is 57.0 cm³/mol. The second-order valence-electron chi connectivity index (χ2n) is 3.79. The summed E-state index contributed by atoms with van der Waals surface area (Å²) in [5.41, 5.74) is 0.0259. The van der Waals surface area contributed by atoms with Crippen LogP contribution in [0.1, 0.15) is 19.8 Å². The van der Waals surface area contributed by atoms with E-state index in [9.17, 15) is 4.79 Å². The fourth-order valence-corrected chi connectivity index (χ4v) is 1.94. The van der Waals surface area contributed by atoms with Crippen molar-refractivity contribution in [2.24, 2.45) is 0 Å². The lowest BCUT2D eigenvalue weighted by atomic mass is 9.91. The van der Waals surface area contributed by atoms with E-state index in [1.165, 1.54) is 0 Å². The molecule has 0 atom stereocenters. The Hall–Kier alpha value is -0.220. The minimum Gasteiger partial charge on any atom is -0.350 e. The number of hydrogen-bond donors (Lipinski definition) is 2. The number of rotatable bonds is 3. The van der Waals surface area contributed by atoms with Crippen molar-refractivity contribution in [3.63, 3.8) is 0 Å². The summed E-state index contributed by atoms with van der Waals surface area (Å²) in [6.07, 6.45) is 4.02. The van der Waals surface area contributed by atoms with E-state index >= 15 is 0 Å². The second-order valence-corrected chi connectivity index (χ2v) is 4.66. The van der Waals surface area contributed by atoms with Gasteiger partial charge in [0.15, 0.2) is 0 Å². The summed E-state index contributed by atoms with van der Waals surface area (Å²) in [7, 11) is 0. The number of carbonyl (C=O) groups is 1. The number of carbonyl (C=O) groups excluding carboxylic acids is 1. The van der Waals surface area contributed by atoms with Gasteiger partial charge in [-0.25, -0.2) is 0 Å². The van der Waals surface area contributed by atoms with E-state index < -0.39 is 0 Å². The van der Waals surface area contributed by atoms with Gasteiger partial charge in [-0.3, -0.25) is 4.79 Å². The molecule has 4 heteroatoms. The van der Waals surface area contributed by atoms with Gasteiger partial charge in [0.1, 0.15) is 0 Å². The van der Waals surface area contributed by atoms with Crippen molar-refractivity contribution < 1.29 is 4.79 Å². The Balaban J connectivity index is 2.36. The summed E-state index contributed by atoms with van der Waals surface area (Å²) in [5, 5.41) is 6.39. The lowest BCUT2D eigenvalue weighted by Gasteiger charge is -2.34. The van der Waals surface area contributed by atoms with E-state index in [0.29, 0.717) is 5.75 Å². The zero-order valence-electron chi connectivity index (χ0n) is 8.35. The Kier molecular flexibility index (Phi) is 4.06. The zero-order valence-corrected chi connectivity index (χ0v) is 9.17. The van der Waals surface area contributed by atoms with Crippen molar-refractivity contribution in [2.75, 3.05) is 25.1 Å². The number of amides is 1. The summed E-state index contributed by atoms with van der Waals surface area (Å²) in [6.45, 7) is 4.15. The predicted octanol–water partition coefficient (Wildman–Crippen LogP) is 0.608. The molecule has 3 nitrogen and oxygen atoms in total. The molecule has 1 aliphatic heterocycles. The first kappa shape index (κ1) is 10.9. The lowest BCUT2D eigenvalue weighted by Crippen LogP contribution is -2.52. The maximum Gasteiger partial charge on any atom is 0.230 e. The third-order valence-corrected chi connectivity index (χ3v) is 2.97. The molecule has 76 valence electrons. The summed E-state index contributed by atoms with van der Waals surface area (Å²) >= 11 is 1.57. The van der Waals surface area contributed by atoms with Gasteiger partial charge in [-0.2, -0.15) is 11.8 Å². The summed E-state index contributed by atoms with van der Waals surface area (Å²) in [4.78, 5) is 11.4. The molecule has 0 aliphatic carbocycles. The summed E-state index contributed by atoms with van der Waals surface area (Å²) < 4.78 is 0. The molecule has 1 rings (SSSR count). The molecule has 13 heavy (non-hydrogen) atoms. The highest BCUT2D eigenvalue weighted by Gasteiger charge is 2.27. The molecule has 0 saturated carbocycles. The fourth-order valence-electron chi connectivity index (χ4n) is 1.61. The van der Waals surface area contributed by atoms with Gasteiger partial charge in [-0.05, 0) is 39.1 Å². The lowest BCUT2D eigenvalue weighted by molar-refractivity contribution is -0.120. The van der Waals surface area contributed by atoms with Crippen molar-refractivity contribution >= 4 is 17.7 Å². The topological polar surface area (TPSA) is 41.1 Å². The molecule has 0 aromatic rings. The Morgan fingerprint density at radius 3 is 2.69 bits per heavy atom. The Morgan fingerprint density at radius 1 is 1.54 bits per heavy atom. The van der Waals surface area contributed by atoms with Crippen LogP contribution in [-0.4, -0.2) is 36.5 Å². The third-order valence-electron chi connectivity index (χ3n) is 2.42. The van der Waals surface area contributed by atoms with Gasteiger partial charge >= 0.3 is 0 Å². The number of nitrogens with one attached hydrogen (secondary N) is 2. The quantitative estimate of drug-likeness (QED) is 0.704. The zero-order chi connectivity index (χ0) is 9.73. The van der Waals surface area contributed by atoms with Gasteiger partial charge in [0.05, 0.1) is 5.75 Å². The van der Waals surface area contributed by atoms with E-state index in [1.807, 2.05) is 6.26 Å². The van der Waals surface area contributed by atoms with Crippen LogP contribution >= 0.6 is 11.8 Å². The molecular formula is C9H18N2OS. The standard InChI is InChI=1S/C9H18N2OS/c1-9(3-5-10-6-4-9)11-8(12)7-13-2/h10H,3-7H2,1-2H3,(H,11,12). The number of piperidine rings is 1. The molecule has 0 radical (unpaired) electrons. The highest BCUT2D eigenvalue weighted by Crippen LogP contribution is 2.16. The van der Waals surface area contributed by atoms with E-state index in [-0.39, 0.29) is 11.4 Å². The molecule has 1 heterocycles. The monoisotopic (exact) mass is 202 g/mol. The smallest absolute Gasteiger partial charge is 0.230 e. The molecule has 1 saturated heterocycles. The van der Waals surface area contributed by atoms with E-state index in [0.717, 1.165) is 25.9 Å². The van der Waals surface area contributed by atoms with Crippen LogP contribution in [0, 0.1) is 0 Å². The van der Waals surface area contributed by atoms with Crippen molar-refractivity contribution in [1.82, 2.24) is 10.6 Å². The van der Waals surface area contributed by atoms with Crippen LogP contribution in [0.3, 0.4) is 0 Å². The van der Waals surface area contributed by atoms with Crippen LogP contribution in [0.4, 0.5) is 0 Å². The number of hydrogen-bond acceptors (Lipinski definition) is 3. The van der Waals surface area contributed by atoms with Gasteiger partial charge in [0.25, 0.3) is 0 Å². The van der Waals surface area contributed by atoms with Gasteiger partial charge in [-0.15, -0.1) is 0 Å². The van der Waals surface area contributed by atoms with Crippen LogP contribution in [0.2, 0.25) is 0 Å². The van der Waals surface area contributed by atoms with Crippen LogP contribution in [0.15, 0.2) is 0 Å². The highest BCUT2D eigenvalue weighted by molar-refractivity contribution is 7.99.